The number of hydrogen-bond donors (Lipinski definition) is 1. The van der Waals surface area contributed by atoms with Crippen LogP contribution in [-0.4, -0.2) is 17.0 Å². The van der Waals surface area contributed by atoms with Gasteiger partial charge in [0.15, 0.2) is 0 Å². The van der Waals surface area contributed by atoms with Gasteiger partial charge in [0.1, 0.15) is 5.82 Å². The van der Waals surface area contributed by atoms with E-state index in [2.05, 4.69) is 31.2 Å². The number of nitrogens with zero attached hydrogens (tertiary/aromatic N) is 2. The van der Waals surface area contributed by atoms with Crippen molar-refractivity contribution < 1.29 is 0 Å². The van der Waals surface area contributed by atoms with Gasteiger partial charge in [-0.15, -0.1) is 0 Å². The molecular weight excluding hydrogens is 254 g/mol. The molecule has 1 fully saturated rings. The predicted octanol–water partition coefficient (Wildman–Crippen LogP) is 2.62. The minimum absolute atomic E-state index is 0.591. The van der Waals surface area contributed by atoms with Gasteiger partial charge in [-0.2, -0.15) is 0 Å². The van der Waals surface area contributed by atoms with Crippen LogP contribution in [-0.2, 0) is 6.54 Å². The molecule has 1 N–H and O–H groups in total. The van der Waals surface area contributed by atoms with Crippen molar-refractivity contribution in [3.05, 3.63) is 22.2 Å². The predicted molar refractivity (Wildman–Crippen MR) is 63.7 cm³/mol. The van der Waals surface area contributed by atoms with E-state index in [9.17, 15) is 0 Å². The molecule has 2 rings (SSSR count). The molecule has 1 aromatic rings. The molecule has 0 atom stereocenters. The van der Waals surface area contributed by atoms with Gasteiger partial charge in [-0.05, 0) is 35.8 Å². The minimum atomic E-state index is 0.591. The Morgan fingerprint density at radius 2 is 2.20 bits per heavy atom. The molecule has 0 aromatic carbocycles. The van der Waals surface area contributed by atoms with Crippen molar-refractivity contribution in [1.82, 2.24) is 15.3 Å². The van der Waals surface area contributed by atoms with Gasteiger partial charge in [0.05, 0.1) is 10.2 Å². The summed E-state index contributed by atoms with van der Waals surface area (Å²) in [6, 6.07) is 0. The summed E-state index contributed by atoms with van der Waals surface area (Å²) in [6.45, 7) is 0.794. The fourth-order valence-corrected chi connectivity index (χ4v) is 2.42. The average Bonchev–Trinajstić information content (AvgIpc) is 2.75. The largest absolute Gasteiger partial charge is 0.314 e. The zero-order valence-corrected chi connectivity index (χ0v) is 10.5. The van der Waals surface area contributed by atoms with Crippen molar-refractivity contribution in [2.24, 2.45) is 0 Å². The molecule has 0 unspecified atom stereocenters. The zero-order chi connectivity index (χ0) is 10.7. The van der Waals surface area contributed by atoms with Crippen LogP contribution in [0.4, 0.5) is 0 Å². The number of rotatable bonds is 3. The SMILES string of the molecule is CNCc1nc(C2CCCC2)ncc1Br. The maximum absolute atomic E-state index is 4.62. The third kappa shape index (κ3) is 2.55. The Labute approximate surface area is 98.8 Å². The highest BCUT2D eigenvalue weighted by molar-refractivity contribution is 9.10. The van der Waals surface area contributed by atoms with Gasteiger partial charge in [-0.1, -0.05) is 12.8 Å². The Bertz CT molecular complexity index is 335. The van der Waals surface area contributed by atoms with Crippen molar-refractivity contribution in [2.45, 2.75) is 38.1 Å². The molecule has 1 aromatic heterocycles. The molecule has 0 spiro atoms. The van der Waals surface area contributed by atoms with Crippen LogP contribution in [0.2, 0.25) is 0 Å². The number of halogens is 1. The second kappa shape index (κ2) is 5.03. The maximum Gasteiger partial charge on any atom is 0.131 e. The lowest BCUT2D eigenvalue weighted by Crippen LogP contribution is -2.11. The van der Waals surface area contributed by atoms with Crippen LogP contribution in [0, 0.1) is 0 Å². The van der Waals surface area contributed by atoms with E-state index >= 15 is 0 Å². The summed E-state index contributed by atoms with van der Waals surface area (Å²) in [5.41, 5.74) is 1.06. The molecular formula is C11H16BrN3. The summed E-state index contributed by atoms with van der Waals surface area (Å²) >= 11 is 3.48. The molecule has 3 nitrogen and oxygen atoms in total. The van der Waals surface area contributed by atoms with Crippen LogP contribution in [0.5, 0.6) is 0 Å². The summed E-state index contributed by atoms with van der Waals surface area (Å²) < 4.78 is 0.999. The summed E-state index contributed by atoms with van der Waals surface area (Å²) in [4.78, 5) is 9.04. The second-order valence-corrected chi connectivity index (χ2v) is 4.89. The standard InChI is InChI=1S/C11H16BrN3/c1-13-7-10-9(12)6-14-11(15-10)8-4-2-3-5-8/h6,8,13H,2-5,7H2,1H3. The van der Waals surface area contributed by atoms with Crippen LogP contribution >= 0.6 is 15.9 Å². The van der Waals surface area contributed by atoms with Gasteiger partial charge in [-0.3, -0.25) is 0 Å². The highest BCUT2D eigenvalue weighted by Crippen LogP contribution is 2.32. The summed E-state index contributed by atoms with van der Waals surface area (Å²) in [6.07, 6.45) is 7.03. The Hall–Kier alpha value is -0.480. The van der Waals surface area contributed by atoms with Crippen LogP contribution in [0.15, 0.2) is 10.7 Å². The fourth-order valence-electron chi connectivity index (χ4n) is 2.09. The van der Waals surface area contributed by atoms with Gasteiger partial charge in [-0.25, -0.2) is 9.97 Å². The van der Waals surface area contributed by atoms with E-state index < -0.39 is 0 Å². The molecule has 1 aliphatic carbocycles. The lowest BCUT2D eigenvalue weighted by Gasteiger charge is -2.10. The molecule has 1 heterocycles. The number of aromatic nitrogens is 2. The number of nitrogens with one attached hydrogen (secondary N) is 1. The first-order valence-corrected chi connectivity index (χ1v) is 6.26. The van der Waals surface area contributed by atoms with Gasteiger partial charge in [0.25, 0.3) is 0 Å². The Morgan fingerprint density at radius 1 is 1.47 bits per heavy atom. The first-order chi connectivity index (χ1) is 7.31. The maximum atomic E-state index is 4.62. The number of hydrogen-bond acceptors (Lipinski definition) is 3. The topological polar surface area (TPSA) is 37.8 Å². The summed E-state index contributed by atoms with van der Waals surface area (Å²) in [5, 5.41) is 3.12. The fraction of sp³-hybridized carbons (Fsp3) is 0.636. The quantitative estimate of drug-likeness (QED) is 0.917. The average molecular weight is 270 g/mol. The molecule has 0 aliphatic heterocycles. The van der Waals surface area contributed by atoms with Gasteiger partial charge >= 0.3 is 0 Å². The summed E-state index contributed by atoms with van der Waals surface area (Å²) in [7, 11) is 1.93. The monoisotopic (exact) mass is 269 g/mol. The third-order valence-corrected chi connectivity index (χ3v) is 3.56. The van der Waals surface area contributed by atoms with Gasteiger partial charge in [0.2, 0.25) is 0 Å². The molecule has 0 saturated heterocycles. The lowest BCUT2D eigenvalue weighted by molar-refractivity contribution is 0.651. The Morgan fingerprint density at radius 3 is 2.87 bits per heavy atom. The van der Waals surface area contributed by atoms with Crippen molar-refractivity contribution >= 4 is 15.9 Å². The molecule has 4 heteroatoms. The van der Waals surface area contributed by atoms with Crippen molar-refractivity contribution in [3.63, 3.8) is 0 Å². The normalized spacial score (nSPS) is 17.2. The van der Waals surface area contributed by atoms with Crippen molar-refractivity contribution in [3.8, 4) is 0 Å². The van der Waals surface area contributed by atoms with E-state index in [4.69, 9.17) is 0 Å². The summed E-state index contributed by atoms with van der Waals surface area (Å²) in [5.74, 6) is 1.62. The van der Waals surface area contributed by atoms with E-state index in [1.165, 1.54) is 25.7 Å². The molecule has 0 bridgehead atoms. The van der Waals surface area contributed by atoms with Crippen LogP contribution in [0.1, 0.15) is 43.1 Å². The first-order valence-electron chi connectivity index (χ1n) is 5.47. The third-order valence-electron chi connectivity index (χ3n) is 2.90. The molecule has 1 saturated carbocycles. The van der Waals surface area contributed by atoms with Crippen LogP contribution in [0.3, 0.4) is 0 Å². The van der Waals surface area contributed by atoms with Crippen molar-refractivity contribution in [2.75, 3.05) is 7.05 Å². The molecule has 15 heavy (non-hydrogen) atoms. The highest BCUT2D eigenvalue weighted by atomic mass is 79.9. The van der Waals surface area contributed by atoms with Gasteiger partial charge in [0, 0.05) is 18.7 Å². The second-order valence-electron chi connectivity index (χ2n) is 4.03. The molecule has 1 aliphatic rings. The van der Waals surface area contributed by atoms with Crippen LogP contribution in [0.25, 0.3) is 0 Å². The first kappa shape index (κ1) is 11.0. The van der Waals surface area contributed by atoms with E-state index in [0.717, 1.165) is 22.5 Å². The minimum Gasteiger partial charge on any atom is -0.314 e. The lowest BCUT2D eigenvalue weighted by atomic mass is 10.1. The van der Waals surface area contributed by atoms with Crippen LogP contribution < -0.4 is 5.32 Å². The zero-order valence-electron chi connectivity index (χ0n) is 8.96. The molecule has 0 radical (unpaired) electrons. The Kier molecular flexibility index (Phi) is 3.70. The van der Waals surface area contributed by atoms with Gasteiger partial charge < -0.3 is 5.32 Å². The van der Waals surface area contributed by atoms with E-state index in [-0.39, 0.29) is 0 Å². The molecule has 0 amide bonds. The van der Waals surface area contributed by atoms with E-state index in [0.29, 0.717) is 5.92 Å². The van der Waals surface area contributed by atoms with Crippen molar-refractivity contribution in [1.29, 1.82) is 0 Å². The highest BCUT2D eigenvalue weighted by Gasteiger charge is 2.20. The van der Waals surface area contributed by atoms with E-state index in [1.807, 2.05) is 13.2 Å². The molecule has 82 valence electrons. The van der Waals surface area contributed by atoms with E-state index in [1.54, 1.807) is 0 Å². The smallest absolute Gasteiger partial charge is 0.131 e. The Balaban J connectivity index is 2.21.